The van der Waals surface area contributed by atoms with E-state index in [-0.39, 0.29) is 0 Å². The van der Waals surface area contributed by atoms with Crippen molar-refractivity contribution in [1.29, 1.82) is 0 Å². The van der Waals surface area contributed by atoms with E-state index in [1.807, 2.05) is 11.3 Å². The van der Waals surface area contributed by atoms with Gasteiger partial charge in [0.2, 0.25) is 0 Å². The first-order chi connectivity index (χ1) is 8.56. The molecule has 0 amide bonds. The lowest BCUT2D eigenvalue weighted by Crippen LogP contribution is -2.49. The Balaban J connectivity index is 1.80. The molecule has 1 fully saturated rings. The lowest BCUT2D eigenvalue weighted by atomic mass is 9.78. The van der Waals surface area contributed by atoms with E-state index in [0.717, 1.165) is 18.5 Å². The minimum absolute atomic E-state index is 0.602. The fourth-order valence-corrected chi connectivity index (χ4v) is 4.07. The van der Waals surface area contributed by atoms with Crippen LogP contribution in [-0.2, 0) is 6.54 Å². The molecule has 2 unspecified atom stereocenters. The van der Waals surface area contributed by atoms with Crippen molar-refractivity contribution in [2.75, 3.05) is 13.6 Å². The zero-order valence-corrected chi connectivity index (χ0v) is 13.9. The van der Waals surface area contributed by atoms with Crippen molar-refractivity contribution in [3.8, 4) is 0 Å². The quantitative estimate of drug-likeness (QED) is 0.855. The van der Waals surface area contributed by atoms with Crippen LogP contribution in [0.3, 0.4) is 0 Å². The van der Waals surface area contributed by atoms with Crippen LogP contribution in [0.5, 0.6) is 0 Å². The molecule has 2 rings (SSSR count). The number of halogens is 1. The van der Waals surface area contributed by atoms with E-state index in [1.54, 1.807) is 0 Å². The molecule has 0 bridgehead atoms. The average molecular weight is 331 g/mol. The molecule has 4 heteroatoms. The summed E-state index contributed by atoms with van der Waals surface area (Å²) in [4.78, 5) is 3.97. The zero-order chi connectivity index (χ0) is 13.1. The molecule has 1 aliphatic carbocycles. The van der Waals surface area contributed by atoms with Gasteiger partial charge < -0.3 is 5.32 Å². The Bertz CT molecular complexity index is 378. The zero-order valence-electron chi connectivity index (χ0n) is 11.4. The maximum absolute atomic E-state index is 3.57. The van der Waals surface area contributed by atoms with Crippen molar-refractivity contribution in [3.63, 3.8) is 0 Å². The van der Waals surface area contributed by atoms with Crippen molar-refractivity contribution in [2.24, 2.45) is 5.92 Å². The molecule has 0 aliphatic heterocycles. The molecular formula is C14H23BrN2S. The molecule has 1 aromatic heterocycles. The highest BCUT2D eigenvalue weighted by Gasteiger charge is 2.33. The van der Waals surface area contributed by atoms with Gasteiger partial charge in [-0.2, -0.15) is 0 Å². The molecule has 18 heavy (non-hydrogen) atoms. The standard InChI is InChI=1S/C14H23BrN2S/c1-10(2)16-7-11-4-5-14(11)17(3)8-13-6-12(15)9-18-13/h6,9-11,14,16H,4-5,7-8H2,1-3H3. The van der Waals surface area contributed by atoms with Crippen LogP contribution in [0.2, 0.25) is 0 Å². The fraction of sp³-hybridized carbons (Fsp3) is 0.714. The second-order valence-corrected chi connectivity index (χ2v) is 7.53. The van der Waals surface area contributed by atoms with Crippen molar-refractivity contribution >= 4 is 27.3 Å². The SMILES string of the molecule is CC(C)NCC1CCC1N(C)Cc1cc(Br)cs1. The van der Waals surface area contributed by atoms with Crippen LogP contribution in [0.1, 0.15) is 31.6 Å². The summed E-state index contributed by atoms with van der Waals surface area (Å²) in [7, 11) is 2.26. The molecule has 2 nitrogen and oxygen atoms in total. The van der Waals surface area contributed by atoms with Gasteiger partial charge in [-0.1, -0.05) is 13.8 Å². The molecule has 1 aromatic rings. The molecule has 0 radical (unpaired) electrons. The lowest BCUT2D eigenvalue weighted by Gasteiger charge is -2.43. The van der Waals surface area contributed by atoms with Gasteiger partial charge in [-0.3, -0.25) is 4.90 Å². The van der Waals surface area contributed by atoms with Gasteiger partial charge in [0, 0.05) is 33.4 Å². The first-order valence-corrected chi connectivity index (χ1v) is 8.40. The van der Waals surface area contributed by atoms with E-state index in [2.05, 4.69) is 58.5 Å². The number of hydrogen-bond donors (Lipinski definition) is 1. The van der Waals surface area contributed by atoms with E-state index >= 15 is 0 Å². The van der Waals surface area contributed by atoms with Crippen LogP contribution in [0.4, 0.5) is 0 Å². The van der Waals surface area contributed by atoms with Gasteiger partial charge in [-0.05, 0) is 54.3 Å². The number of nitrogens with zero attached hydrogens (tertiary/aromatic N) is 1. The smallest absolute Gasteiger partial charge is 0.0328 e. The summed E-state index contributed by atoms with van der Waals surface area (Å²) in [6.07, 6.45) is 2.73. The van der Waals surface area contributed by atoms with Gasteiger partial charge in [-0.25, -0.2) is 0 Å². The highest BCUT2D eigenvalue weighted by Crippen LogP contribution is 2.32. The third-order valence-corrected chi connectivity index (χ3v) is 5.44. The summed E-state index contributed by atoms with van der Waals surface area (Å²) < 4.78 is 1.21. The Kier molecular flexibility index (Phi) is 5.24. The summed E-state index contributed by atoms with van der Waals surface area (Å²) >= 11 is 5.37. The number of hydrogen-bond acceptors (Lipinski definition) is 3. The third-order valence-electron chi connectivity index (χ3n) is 3.76. The second kappa shape index (κ2) is 6.51. The molecule has 1 saturated carbocycles. The van der Waals surface area contributed by atoms with Crippen LogP contribution in [0.15, 0.2) is 15.9 Å². The molecule has 0 saturated heterocycles. The molecule has 1 N–H and O–H groups in total. The monoisotopic (exact) mass is 330 g/mol. The second-order valence-electron chi connectivity index (χ2n) is 5.61. The van der Waals surface area contributed by atoms with E-state index in [0.29, 0.717) is 6.04 Å². The van der Waals surface area contributed by atoms with Gasteiger partial charge in [0.1, 0.15) is 0 Å². The Hall–Kier alpha value is 0.1000. The highest BCUT2D eigenvalue weighted by molar-refractivity contribution is 9.10. The number of rotatable bonds is 6. The van der Waals surface area contributed by atoms with E-state index in [9.17, 15) is 0 Å². The van der Waals surface area contributed by atoms with Crippen molar-refractivity contribution < 1.29 is 0 Å². The van der Waals surface area contributed by atoms with Crippen LogP contribution in [0, 0.1) is 5.92 Å². The largest absolute Gasteiger partial charge is 0.314 e. The van der Waals surface area contributed by atoms with Crippen LogP contribution in [-0.4, -0.2) is 30.6 Å². The molecule has 1 heterocycles. The first-order valence-electron chi connectivity index (χ1n) is 6.73. The third kappa shape index (κ3) is 3.80. The number of nitrogens with one attached hydrogen (secondary N) is 1. The molecular weight excluding hydrogens is 308 g/mol. The van der Waals surface area contributed by atoms with Crippen molar-refractivity contribution in [1.82, 2.24) is 10.2 Å². The Morgan fingerprint density at radius 3 is 2.78 bits per heavy atom. The summed E-state index contributed by atoms with van der Waals surface area (Å²) in [6, 6.07) is 3.60. The fourth-order valence-electron chi connectivity index (χ4n) is 2.56. The highest BCUT2D eigenvalue weighted by atomic mass is 79.9. The van der Waals surface area contributed by atoms with Gasteiger partial charge >= 0.3 is 0 Å². The Labute approximate surface area is 123 Å². The lowest BCUT2D eigenvalue weighted by molar-refractivity contribution is 0.0776. The molecule has 0 spiro atoms. The predicted octanol–water partition coefficient (Wildman–Crippen LogP) is 3.72. The minimum Gasteiger partial charge on any atom is -0.314 e. The Morgan fingerprint density at radius 1 is 1.50 bits per heavy atom. The maximum Gasteiger partial charge on any atom is 0.0328 e. The maximum atomic E-state index is 3.57. The topological polar surface area (TPSA) is 15.3 Å². The molecule has 2 atom stereocenters. The average Bonchev–Trinajstić information content (AvgIpc) is 2.61. The van der Waals surface area contributed by atoms with E-state index in [1.165, 1.54) is 28.7 Å². The molecule has 1 aliphatic rings. The van der Waals surface area contributed by atoms with Crippen molar-refractivity contribution in [2.45, 2.75) is 45.3 Å². The number of thiophene rings is 1. The Morgan fingerprint density at radius 2 is 2.28 bits per heavy atom. The van der Waals surface area contributed by atoms with Crippen LogP contribution >= 0.6 is 27.3 Å². The van der Waals surface area contributed by atoms with E-state index in [4.69, 9.17) is 0 Å². The minimum atomic E-state index is 0.602. The van der Waals surface area contributed by atoms with E-state index < -0.39 is 0 Å². The summed E-state index contributed by atoms with van der Waals surface area (Å²) in [5.41, 5.74) is 0. The van der Waals surface area contributed by atoms with Crippen molar-refractivity contribution in [3.05, 3.63) is 20.8 Å². The van der Waals surface area contributed by atoms with Gasteiger partial charge in [0.15, 0.2) is 0 Å². The predicted molar refractivity (Wildman–Crippen MR) is 83.1 cm³/mol. The van der Waals surface area contributed by atoms with Gasteiger partial charge in [0.25, 0.3) is 0 Å². The first kappa shape index (κ1) is 14.5. The van der Waals surface area contributed by atoms with Gasteiger partial charge in [0.05, 0.1) is 0 Å². The normalized spacial score (nSPS) is 23.7. The summed E-state index contributed by atoms with van der Waals surface area (Å²) in [6.45, 7) is 6.70. The molecule has 102 valence electrons. The molecule has 0 aromatic carbocycles. The summed E-state index contributed by atoms with van der Waals surface area (Å²) in [5, 5.41) is 5.74. The van der Waals surface area contributed by atoms with Crippen LogP contribution in [0.25, 0.3) is 0 Å². The summed E-state index contributed by atoms with van der Waals surface area (Å²) in [5.74, 6) is 0.834. The van der Waals surface area contributed by atoms with Gasteiger partial charge in [-0.15, -0.1) is 11.3 Å². The van der Waals surface area contributed by atoms with Crippen LogP contribution < -0.4 is 5.32 Å².